The van der Waals surface area contributed by atoms with Crippen LogP contribution >= 0.6 is 0 Å². The third kappa shape index (κ3) is 3.90. The second-order valence-electron chi connectivity index (χ2n) is 3.91. The van der Waals surface area contributed by atoms with Gasteiger partial charge in [-0.3, -0.25) is 0 Å². The molecular weight excluding hydrogens is 188 g/mol. The van der Waals surface area contributed by atoms with E-state index in [1.807, 2.05) is 13.0 Å². The zero-order chi connectivity index (χ0) is 11.1. The summed E-state index contributed by atoms with van der Waals surface area (Å²) in [5, 5.41) is 0. The smallest absolute Gasteiger partial charge is 0.336 e. The highest BCUT2D eigenvalue weighted by Gasteiger charge is 2.18. The number of hydrogen-bond donors (Lipinski definition) is 0. The van der Waals surface area contributed by atoms with Crippen LogP contribution in [-0.4, -0.2) is 5.97 Å². The normalized spacial score (nSPS) is 18.1. The van der Waals surface area contributed by atoms with Gasteiger partial charge in [-0.15, -0.1) is 0 Å². The fourth-order valence-corrected chi connectivity index (χ4v) is 1.78. The standard InChI is InChI=1S/C13H20O2/c1-3-5-6-7-8-9-11-10-13(14)15-12(11)4-2/h4,10H,3,5-9H2,1-2H3/b12-4-. The molecule has 0 fully saturated rings. The Bertz CT molecular complexity index is 274. The van der Waals surface area contributed by atoms with Crippen LogP contribution in [0.4, 0.5) is 0 Å². The number of esters is 1. The Kier molecular flexibility index (Phi) is 5.16. The lowest BCUT2D eigenvalue weighted by Gasteiger charge is -2.03. The molecule has 0 unspecified atom stereocenters. The molecule has 2 heteroatoms. The third-order valence-electron chi connectivity index (χ3n) is 2.63. The number of cyclic esters (lactones) is 1. The molecule has 84 valence electrons. The maximum Gasteiger partial charge on any atom is 0.336 e. The van der Waals surface area contributed by atoms with Crippen molar-refractivity contribution in [2.24, 2.45) is 0 Å². The van der Waals surface area contributed by atoms with Gasteiger partial charge in [0.15, 0.2) is 0 Å². The van der Waals surface area contributed by atoms with Crippen molar-refractivity contribution in [3.63, 3.8) is 0 Å². The molecule has 0 aliphatic carbocycles. The highest BCUT2D eigenvalue weighted by Crippen LogP contribution is 2.24. The first-order valence-electron chi connectivity index (χ1n) is 5.87. The van der Waals surface area contributed by atoms with Crippen molar-refractivity contribution in [3.8, 4) is 0 Å². The molecule has 0 N–H and O–H groups in total. The average Bonchev–Trinajstić information content (AvgIpc) is 2.59. The lowest BCUT2D eigenvalue weighted by molar-refractivity contribution is -0.132. The number of rotatable bonds is 6. The van der Waals surface area contributed by atoms with Gasteiger partial charge < -0.3 is 4.74 Å². The minimum absolute atomic E-state index is 0.216. The maximum absolute atomic E-state index is 11.0. The summed E-state index contributed by atoms with van der Waals surface area (Å²) in [6.07, 6.45) is 10.7. The van der Waals surface area contributed by atoms with Crippen molar-refractivity contribution >= 4 is 5.97 Å². The molecule has 1 rings (SSSR count). The molecule has 0 aromatic heterocycles. The van der Waals surface area contributed by atoms with Gasteiger partial charge in [0.25, 0.3) is 0 Å². The first-order valence-corrected chi connectivity index (χ1v) is 5.87. The molecule has 0 spiro atoms. The molecule has 2 nitrogen and oxygen atoms in total. The van der Waals surface area contributed by atoms with Gasteiger partial charge in [0, 0.05) is 11.6 Å². The SMILES string of the molecule is C/C=C1\OC(=O)C=C1CCCCCCC. The van der Waals surface area contributed by atoms with Crippen molar-refractivity contribution in [3.05, 3.63) is 23.5 Å². The van der Waals surface area contributed by atoms with E-state index in [0.717, 1.165) is 24.2 Å². The minimum atomic E-state index is -0.216. The van der Waals surface area contributed by atoms with Crippen LogP contribution in [0.15, 0.2) is 23.5 Å². The number of ether oxygens (including phenoxy) is 1. The van der Waals surface area contributed by atoms with Crippen LogP contribution in [0.25, 0.3) is 0 Å². The molecular formula is C13H20O2. The first-order chi connectivity index (χ1) is 7.27. The van der Waals surface area contributed by atoms with Gasteiger partial charge in [-0.1, -0.05) is 32.6 Å². The van der Waals surface area contributed by atoms with Gasteiger partial charge >= 0.3 is 5.97 Å². The molecule has 0 radical (unpaired) electrons. The number of carbonyl (C=O) groups excluding carboxylic acids is 1. The van der Waals surface area contributed by atoms with Gasteiger partial charge in [0.2, 0.25) is 0 Å². The van der Waals surface area contributed by atoms with Crippen LogP contribution in [0.2, 0.25) is 0 Å². The lowest BCUT2D eigenvalue weighted by Crippen LogP contribution is -1.90. The minimum Gasteiger partial charge on any atom is -0.423 e. The molecule has 0 saturated carbocycles. The molecule has 0 saturated heterocycles. The Labute approximate surface area is 92.0 Å². The van der Waals surface area contributed by atoms with E-state index >= 15 is 0 Å². The second kappa shape index (κ2) is 6.44. The van der Waals surface area contributed by atoms with E-state index in [0.29, 0.717) is 0 Å². The molecule has 0 aromatic carbocycles. The van der Waals surface area contributed by atoms with Crippen LogP contribution in [0, 0.1) is 0 Å². The molecule has 0 amide bonds. The molecule has 1 heterocycles. The Balaban J connectivity index is 2.26. The number of hydrogen-bond acceptors (Lipinski definition) is 2. The molecule has 15 heavy (non-hydrogen) atoms. The molecule has 1 aliphatic rings. The second-order valence-corrected chi connectivity index (χ2v) is 3.91. The maximum atomic E-state index is 11.0. The summed E-state index contributed by atoms with van der Waals surface area (Å²) in [5.41, 5.74) is 1.07. The number of unbranched alkanes of at least 4 members (excludes halogenated alkanes) is 4. The van der Waals surface area contributed by atoms with Gasteiger partial charge in [0.05, 0.1) is 0 Å². The zero-order valence-electron chi connectivity index (χ0n) is 9.71. The van der Waals surface area contributed by atoms with Gasteiger partial charge in [-0.25, -0.2) is 4.79 Å². The summed E-state index contributed by atoms with van der Waals surface area (Å²) >= 11 is 0. The van der Waals surface area contributed by atoms with Crippen molar-refractivity contribution < 1.29 is 9.53 Å². The van der Waals surface area contributed by atoms with Crippen molar-refractivity contribution in [1.29, 1.82) is 0 Å². The monoisotopic (exact) mass is 208 g/mol. The van der Waals surface area contributed by atoms with Crippen LogP contribution in [0.3, 0.4) is 0 Å². The largest absolute Gasteiger partial charge is 0.423 e. The fraction of sp³-hybridized carbons (Fsp3) is 0.615. The Hall–Kier alpha value is -1.05. The lowest BCUT2D eigenvalue weighted by atomic mass is 10.0. The van der Waals surface area contributed by atoms with Crippen LogP contribution in [-0.2, 0) is 9.53 Å². The Morgan fingerprint density at radius 1 is 1.27 bits per heavy atom. The fourth-order valence-electron chi connectivity index (χ4n) is 1.78. The van der Waals surface area contributed by atoms with E-state index in [1.54, 1.807) is 6.08 Å². The summed E-state index contributed by atoms with van der Waals surface area (Å²) < 4.78 is 5.03. The number of carbonyl (C=O) groups is 1. The predicted octanol–water partition coefficient (Wildman–Crippen LogP) is 3.73. The third-order valence-corrected chi connectivity index (χ3v) is 2.63. The van der Waals surface area contributed by atoms with Crippen molar-refractivity contribution in [2.45, 2.75) is 52.4 Å². The van der Waals surface area contributed by atoms with E-state index in [2.05, 4.69) is 6.92 Å². The Morgan fingerprint density at radius 3 is 2.67 bits per heavy atom. The van der Waals surface area contributed by atoms with Crippen LogP contribution in [0.1, 0.15) is 52.4 Å². The summed E-state index contributed by atoms with van der Waals surface area (Å²) in [7, 11) is 0. The molecule has 0 aromatic rings. The summed E-state index contributed by atoms with van der Waals surface area (Å²) in [6.45, 7) is 4.11. The van der Waals surface area contributed by atoms with Crippen LogP contribution < -0.4 is 0 Å². The summed E-state index contributed by atoms with van der Waals surface area (Å²) in [6, 6.07) is 0. The van der Waals surface area contributed by atoms with E-state index in [1.165, 1.54) is 25.7 Å². The topological polar surface area (TPSA) is 26.3 Å². The molecule has 0 bridgehead atoms. The quantitative estimate of drug-likeness (QED) is 0.491. The highest BCUT2D eigenvalue weighted by molar-refractivity contribution is 5.88. The predicted molar refractivity (Wildman–Crippen MR) is 61.3 cm³/mol. The molecule has 0 atom stereocenters. The van der Waals surface area contributed by atoms with Gasteiger partial charge in [-0.05, 0) is 25.8 Å². The average molecular weight is 208 g/mol. The number of allylic oxidation sites excluding steroid dienone is 2. The summed E-state index contributed by atoms with van der Waals surface area (Å²) in [5.74, 6) is 0.544. The first kappa shape index (κ1) is 12.0. The highest BCUT2D eigenvalue weighted by atomic mass is 16.5. The van der Waals surface area contributed by atoms with Gasteiger partial charge in [0.1, 0.15) is 5.76 Å². The van der Waals surface area contributed by atoms with Crippen molar-refractivity contribution in [1.82, 2.24) is 0 Å². The Morgan fingerprint density at radius 2 is 2.00 bits per heavy atom. The van der Waals surface area contributed by atoms with E-state index in [4.69, 9.17) is 4.74 Å². The molecule has 1 aliphatic heterocycles. The van der Waals surface area contributed by atoms with Crippen LogP contribution in [0.5, 0.6) is 0 Å². The van der Waals surface area contributed by atoms with Crippen molar-refractivity contribution in [2.75, 3.05) is 0 Å². The van der Waals surface area contributed by atoms with Gasteiger partial charge in [-0.2, -0.15) is 0 Å². The summed E-state index contributed by atoms with van der Waals surface area (Å²) in [4.78, 5) is 11.0. The zero-order valence-corrected chi connectivity index (χ0v) is 9.71. The van der Waals surface area contributed by atoms with E-state index in [-0.39, 0.29) is 5.97 Å². The van der Waals surface area contributed by atoms with E-state index < -0.39 is 0 Å². The van der Waals surface area contributed by atoms with E-state index in [9.17, 15) is 4.79 Å².